The van der Waals surface area contributed by atoms with Crippen LogP contribution < -0.4 is 0 Å². The van der Waals surface area contributed by atoms with Gasteiger partial charge in [-0.1, -0.05) is 49.4 Å². The lowest BCUT2D eigenvalue weighted by Crippen LogP contribution is -1.68. The molecule has 0 spiro atoms. The summed E-state index contributed by atoms with van der Waals surface area (Å²) in [5, 5.41) is 0. The highest BCUT2D eigenvalue weighted by Crippen LogP contribution is 2.01. The number of unbranched alkanes of at least 4 members (excludes halogenated alkanes) is 1. The van der Waals surface area contributed by atoms with Gasteiger partial charge < -0.3 is 0 Å². The van der Waals surface area contributed by atoms with Crippen molar-refractivity contribution in [3.63, 3.8) is 0 Å². The third-order valence-electron chi connectivity index (χ3n) is 1.48. The Morgan fingerprint density at radius 3 is 2.55 bits per heavy atom. The van der Waals surface area contributed by atoms with Crippen LogP contribution in [0.2, 0.25) is 0 Å². The zero-order valence-corrected chi connectivity index (χ0v) is 6.83. The first-order valence-electron chi connectivity index (χ1n) is 3.93. The Morgan fingerprint density at radius 2 is 1.91 bits per heavy atom. The van der Waals surface area contributed by atoms with E-state index in [9.17, 15) is 0 Å². The van der Waals surface area contributed by atoms with Crippen molar-refractivity contribution in [3.8, 4) is 0 Å². The quantitative estimate of drug-likeness (QED) is 0.612. The molecule has 0 amide bonds. The molecular weight excluding hydrogens is 132 g/mol. The van der Waals surface area contributed by atoms with E-state index in [2.05, 4.69) is 49.8 Å². The fourth-order valence-electron chi connectivity index (χ4n) is 0.904. The van der Waals surface area contributed by atoms with Crippen molar-refractivity contribution in [2.45, 2.75) is 13.3 Å². The molecule has 0 nitrogen and oxygen atoms in total. The lowest BCUT2D eigenvalue weighted by molar-refractivity contribution is 1.22. The van der Waals surface area contributed by atoms with Gasteiger partial charge in [0, 0.05) is 0 Å². The zero-order valence-electron chi connectivity index (χ0n) is 6.83. The van der Waals surface area contributed by atoms with Gasteiger partial charge in [0.25, 0.3) is 0 Å². The molecule has 0 atom stereocenters. The molecule has 1 aromatic carbocycles. The molecule has 57 valence electrons. The number of allylic oxidation sites excluding steroid dienone is 1. The standard InChI is InChI=1S/C11H13/c1-2-3-5-8-11-9-6-4-7-10-11/h2,4-10H,3H2,1H3. The minimum Gasteiger partial charge on any atom is -0.0837 e. The molecule has 0 fully saturated rings. The summed E-state index contributed by atoms with van der Waals surface area (Å²) in [6.07, 6.45) is 7.49. The summed E-state index contributed by atoms with van der Waals surface area (Å²) in [4.78, 5) is 0. The van der Waals surface area contributed by atoms with Crippen LogP contribution in [0, 0.1) is 6.42 Å². The second-order valence-electron chi connectivity index (χ2n) is 2.46. The van der Waals surface area contributed by atoms with Crippen LogP contribution in [0.1, 0.15) is 18.9 Å². The van der Waals surface area contributed by atoms with Crippen LogP contribution in [0.3, 0.4) is 0 Å². The first-order chi connectivity index (χ1) is 5.43. The second-order valence-corrected chi connectivity index (χ2v) is 2.46. The molecule has 0 saturated heterocycles. The van der Waals surface area contributed by atoms with E-state index in [0.29, 0.717) is 0 Å². The normalized spacial score (nSPS) is 10.6. The monoisotopic (exact) mass is 145 g/mol. The summed E-state index contributed by atoms with van der Waals surface area (Å²) in [6.45, 7) is 2.06. The first-order valence-corrected chi connectivity index (χ1v) is 3.93. The van der Waals surface area contributed by atoms with Gasteiger partial charge in [0.2, 0.25) is 0 Å². The smallest absolute Gasteiger partial charge is 0.0260 e. The molecular formula is C11H13. The third kappa shape index (κ3) is 3.03. The molecule has 0 aromatic heterocycles. The third-order valence-corrected chi connectivity index (χ3v) is 1.48. The van der Waals surface area contributed by atoms with Gasteiger partial charge in [-0.05, 0) is 18.4 Å². The van der Waals surface area contributed by atoms with Crippen LogP contribution in [0.15, 0.2) is 36.4 Å². The molecule has 1 radical (unpaired) electrons. The summed E-state index contributed by atoms with van der Waals surface area (Å²) in [5.41, 5.74) is 1.27. The summed E-state index contributed by atoms with van der Waals surface area (Å²) >= 11 is 0. The van der Waals surface area contributed by atoms with Crippen molar-refractivity contribution >= 4 is 6.08 Å². The van der Waals surface area contributed by atoms with Gasteiger partial charge in [0.1, 0.15) is 0 Å². The molecule has 0 aliphatic heterocycles. The van der Waals surface area contributed by atoms with Gasteiger partial charge in [0.15, 0.2) is 0 Å². The van der Waals surface area contributed by atoms with Crippen molar-refractivity contribution in [3.05, 3.63) is 48.4 Å². The topological polar surface area (TPSA) is 0 Å². The van der Waals surface area contributed by atoms with Crippen LogP contribution in [0.5, 0.6) is 0 Å². The predicted molar refractivity (Wildman–Crippen MR) is 50.1 cm³/mol. The molecule has 0 heteroatoms. The number of benzene rings is 1. The number of rotatable bonds is 3. The minimum atomic E-state index is 1.05. The van der Waals surface area contributed by atoms with Gasteiger partial charge in [-0.2, -0.15) is 0 Å². The Hall–Kier alpha value is -1.04. The van der Waals surface area contributed by atoms with E-state index in [1.54, 1.807) is 0 Å². The summed E-state index contributed by atoms with van der Waals surface area (Å²) in [6, 6.07) is 10.3. The van der Waals surface area contributed by atoms with Gasteiger partial charge in [-0.3, -0.25) is 0 Å². The highest BCUT2D eigenvalue weighted by molar-refractivity contribution is 5.48. The van der Waals surface area contributed by atoms with Crippen LogP contribution in [-0.2, 0) is 0 Å². The van der Waals surface area contributed by atoms with Crippen LogP contribution in [0.4, 0.5) is 0 Å². The molecule has 0 heterocycles. The number of hydrogen-bond donors (Lipinski definition) is 0. The van der Waals surface area contributed by atoms with Crippen molar-refractivity contribution in [2.75, 3.05) is 0 Å². The van der Waals surface area contributed by atoms with Crippen molar-refractivity contribution in [2.24, 2.45) is 0 Å². The van der Waals surface area contributed by atoms with Gasteiger partial charge in [-0.25, -0.2) is 0 Å². The maximum atomic E-state index is 2.16. The van der Waals surface area contributed by atoms with Crippen LogP contribution >= 0.6 is 0 Å². The summed E-state index contributed by atoms with van der Waals surface area (Å²) in [5.74, 6) is 0. The van der Waals surface area contributed by atoms with E-state index in [1.165, 1.54) is 5.56 Å². The fourth-order valence-corrected chi connectivity index (χ4v) is 0.904. The van der Waals surface area contributed by atoms with E-state index in [-0.39, 0.29) is 0 Å². The SMILES string of the molecule is C[CH]CC=Cc1ccccc1. The van der Waals surface area contributed by atoms with Gasteiger partial charge >= 0.3 is 0 Å². The highest BCUT2D eigenvalue weighted by atomic mass is 13.9. The fraction of sp³-hybridized carbons (Fsp3) is 0.182. The second kappa shape index (κ2) is 4.73. The molecule has 0 aliphatic carbocycles. The van der Waals surface area contributed by atoms with Crippen molar-refractivity contribution in [1.82, 2.24) is 0 Å². The molecule has 11 heavy (non-hydrogen) atoms. The van der Waals surface area contributed by atoms with Crippen molar-refractivity contribution < 1.29 is 0 Å². The average Bonchev–Trinajstić information content (AvgIpc) is 2.07. The van der Waals surface area contributed by atoms with Gasteiger partial charge in [-0.15, -0.1) is 0 Å². The van der Waals surface area contributed by atoms with E-state index in [0.717, 1.165) is 6.42 Å². The summed E-state index contributed by atoms with van der Waals surface area (Å²) in [7, 11) is 0. The Labute approximate surface area is 68.6 Å². The molecule has 0 unspecified atom stereocenters. The molecule has 1 aromatic rings. The largest absolute Gasteiger partial charge is 0.0837 e. The number of hydrogen-bond acceptors (Lipinski definition) is 0. The van der Waals surface area contributed by atoms with E-state index in [4.69, 9.17) is 0 Å². The van der Waals surface area contributed by atoms with E-state index < -0.39 is 0 Å². The molecule has 0 N–H and O–H groups in total. The lowest BCUT2D eigenvalue weighted by atomic mass is 10.2. The first kappa shape index (κ1) is 8.06. The maximum absolute atomic E-state index is 2.16. The average molecular weight is 145 g/mol. The molecule has 1 rings (SSSR count). The molecule has 0 saturated carbocycles. The minimum absolute atomic E-state index is 1.05. The molecule has 0 aliphatic rings. The van der Waals surface area contributed by atoms with Gasteiger partial charge in [0.05, 0.1) is 0 Å². The Balaban J connectivity index is 2.50. The van der Waals surface area contributed by atoms with Crippen LogP contribution in [-0.4, -0.2) is 0 Å². The van der Waals surface area contributed by atoms with E-state index >= 15 is 0 Å². The van der Waals surface area contributed by atoms with Crippen molar-refractivity contribution in [1.29, 1.82) is 0 Å². The van der Waals surface area contributed by atoms with Crippen LogP contribution in [0.25, 0.3) is 6.08 Å². The molecule has 0 bridgehead atoms. The predicted octanol–water partition coefficient (Wildman–Crippen LogP) is 3.31. The maximum Gasteiger partial charge on any atom is -0.0260 e. The Kier molecular flexibility index (Phi) is 3.46. The highest BCUT2D eigenvalue weighted by Gasteiger charge is 1.80. The van der Waals surface area contributed by atoms with E-state index in [1.807, 2.05) is 6.07 Å². The summed E-state index contributed by atoms with van der Waals surface area (Å²) < 4.78 is 0. The zero-order chi connectivity index (χ0) is 7.94. The Bertz CT molecular complexity index is 209. The Morgan fingerprint density at radius 1 is 1.18 bits per heavy atom. The lowest BCUT2D eigenvalue weighted by Gasteiger charge is -1.89.